The highest BCUT2D eigenvalue weighted by Gasteiger charge is 2.54. The molecule has 2 aromatic carbocycles. The zero-order chi connectivity index (χ0) is 20.1. The maximum atomic E-state index is 12.4. The smallest absolute Gasteiger partial charge is 0.339 e. The van der Waals surface area contributed by atoms with E-state index in [2.05, 4.69) is 11.4 Å². The van der Waals surface area contributed by atoms with Gasteiger partial charge in [-0.05, 0) is 72.3 Å². The summed E-state index contributed by atoms with van der Waals surface area (Å²) in [7, 11) is 2.82. The molecule has 5 heteroatoms. The van der Waals surface area contributed by atoms with Crippen molar-refractivity contribution >= 4 is 17.6 Å². The number of esters is 2. The minimum absolute atomic E-state index is 0.111. The van der Waals surface area contributed by atoms with Crippen LogP contribution in [-0.2, 0) is 9.47 Å². The molecule has 5 rings (SSSR count). The van der Waals surface area contributed by atoms with Gasteiger partial charge in [-0.25, -0.2) is 9.59 Å². The van der Waals surface area contributed by atoms with Gasteiger partial charge in [0, 0.05) is 0 Å². The number of para-hydroxylation sites is 1. The first-order valence-electron chi connectivity index (χ1n) is 10.3. The van der Waals surface area contributed by atoms with Crippen LogP contribution in [0.4, 0.5) is 5.69 Å². The molecule has 3 aliphatic rings. The van der Waals surface area contributed by atoms with E-state index in [0.29, 0.717) is 34.8 Å². The summed E-state index contributed by atoms with van der Waals surface area (Å²) in [6, 6.07) is 13.8. The monoisotopic (exact) mass is 391 g/mol. The van der Waals surface area contributed by atoms with E-state index in [9.17, 15) is 9.59 Å². The summed E-state index contributed by atoms with van der Waals surface area (Å²) in [4.78, 5) is 24.2. The molecule has 150 valence electrons. The summed E-state index contributed by atoms with van der Waals surface area (Å²) >= 11 is 0. The van der Waals surface area contributed by atoms with Crippen LogP contribution in [0.25, 0.3) is 0 Å². The molecule has 2 saturated carbocycles. The fourth-order valence-electron chi connectivity index (χ4n) is 6.07. The molecule has 2 aliphatic carbocycles. The number of rotatable bonds is 3. The molecule has 5 atom stereocenters. The minimum Gasteiger partial charge on any atom is -0.465 e. The predicted molar refractivity (Wildman–Crippen MR) is 109 cm³/mol. The average Bonchev–Trinajstić information content (AvgIpc) is 3.40. The van der Waals surface area contributed by atoms with Crippen LogP contribution < -0.4 is 5.32 Å². The summed E-state index contributed by atoms with van der Waals surface area (Å²) in [5.74, 6) is 1.69. The van der Waals surface area contributed by atoms with Crippen LogP contribution in [-0.4, -0.2) is 26.2 Å². The Bertz CT molecular complexity index is 967. The highest BCUT2D eigenvalue weighted by atomic mass is 16.5. The molecule has 0 amide bonds. The second kappa shape index (κ2) is 6.90. The second-order valence-electron chi connectivity index (χ2n) is 8.43. The van der Waals surface area contributed by atoms with Crippen LogP contribution in [0.1, 0.15) is 63.1 Å². The zero-order valence-electron chi connectivity index (χ0n) is 16.7. The number of ether oxygens (including phenoxy) is 2. The Kier molecular flexibility index (Phi) is 4.34. The van der Waals surface area contributed by atoms with Crippen LogP contribution in [0.3, 0.4) is 0 Å². The van der Waals surface area contributed by atoms with Gasteiger partial charge in [0.25, 0.3) is 0 Å². The number of hydrogen-bond acceptors (Lipinski definition) is 5. The Morgan fingerprint density at radius 2 is 1.66 bits per heavy atom. The van der Waals surface area contributed by atoms with Crippen LogP contribution in [0, 0.1) is 17.8 Å². The number of benzene rings is 2. The van der Waals surface area contributed by atoms with Crippen molar-refractivity contribution in [1.29, 1.82) is 0 Å². The van der Waals surface area contributed by atoms with E-state index in [0.717, 1.165) is 11.3 Å². The molecule has 1 heterocycles. The maximum Gasteiger partial charge on any atom is 0.339 e. The van der Waals surface area contributed by atoms with Crippen LogP contribution >= 0.6 is 0 Å². The van der Waals surface area contributed by atoms with Gasteiger partial charge in [-0.15, -0.1) is 0 Å². The molecule has 0 aromatic heterocycles. The van der Waals surface area contributed by atoms with Crippen molar-refractivity contribution in [2.24, 2.45) is 17.8 Å². The number of nitrogens with one attached hydrogen (secondary N) is 1. The molecule has 1 aliphatic heterocycles. The SMILES string of the molecule is COC(=O)c1ccc([C@@H]2Nc3c(C(=O)OC)cccc3[C@H]3[C@H]4CC[C@@H](C4)[C@H]32)cc1. The number of anilines is 1. The van der Waals surface area contributed by atoms with Gasteiger partial charge in [0.05, 0.1) is 37.1 Å². The first-order chi connectivity index (χ1) is 14.1. The molecule has 2 aromatic rings. The van der Waals surface area contributed by atoms with Gasteiger partial charge in [-0.2, -0.15) is 0 Å². The average molecular weight is 391 g/mol. The van der Waals surface area contributed by atoms with Crippen molar-refractivity contribution in [3.05, 3.63) is 64.7 Å². The number of carbonyl (C=O) groups is 2. The summed E-state index contributed by atoms with van der Waals surface area (Å²) < 4.78 is 9.87. The van der Waals surface area contributed by atoms with Gasteiger partial charge in [0.2, 0.25) is 0 Å². The Morgan fingerprint density at radius 3 is 2.38 bits per heavy atom. The summed E-state index contributed by atoms with van der Waals surface area (Å²) in [6.45, 7) is 0. The van der Waals surface area contributed by atoms with Gasteiger partial charge in [0.1, 0.15) is 0 Å². The van der Waals surface area contributed by atoms with Crippen molar-refractivity contribution in [1.82, 2.24) is 0 Å². The third-order valence-corrected chi connectivity index (χ3v) is 7.22. The predicted octanol–water partition coefficient (Wildman–Crippen LogP) is 4.56. The molecule has 0 saturated heterocycles. The minimum atomic E-state index is -0.329. The molecule has 29 heavy (non-hydrogen) atoms. The largest absolute Gasteiger partial charge is 0.465 e. The van der Waals surface area contributed by atoms with Crippen molar-refractivity contribution in [3.63, 3.8) is 0 Å². The molecule has 5 nitrogen and oxygen atoms in total. The lowest BCUT2D eigenvalue weighted by Gasteiger charge is -2.44. The van der Waals surface area contributed by atoms with E-state index in [1.807, 2.05) is 36.4 Å². The molecule has 1 N–H and O–H groups in total. The summed E-state index contributed by atoms with van der Waals surface area (Å²) in [5.41, 5.74) is 4.46. The van der Waals surface area contributed by atoms with Gasteiger partial charge >= 0.3 is 11.9 Å². The lowest BCUT2D eigenvalue weighted by atomic mass is 9.67. The van der Waals surface area contributed by atoms with E-state index in [1.54, 1.807) is 0 Å². The third kappa shape index (κ3) is 2.75. The van der Waals surface area contributed by atoms with E-state index in [-0.39, 0.29) is 18.0 Å². The molecular formula is C24H25NO4. The fourth-order valence-corrected chi connectivity index (χ4v) is 6.07. The number of fused-ring (bicyclic) bond motifs is 7. The molecule has 2 bridgehead atoms. The van der Waals surface area contributed by atoms with E-state index >= 15 is 0 Å². The van der Waals surface area contributed by atoms with Crippen molar-refractivity contribution in [3.8, 4) is 0 Å². The summed E-state index contributed by atoms with van der Waals surface area (Å²) in [6.07, 6.45) is 3.80. The van der Waals surface area contributed by atoms with Gasteiger partial charge < -0.3 is 14.8 Å². The first-order valence-corrected chi connectivity index (χ1v) is 10.3. The normalized spacial score (nSPS) is 28.8. The van der Waals surface area contributed by atoms with Gasteiger partial charge in [0.15, 0.2) is 0 Å². The molecular weight excluding hydrogens is 366 g/mol. The molecule has 0 spiro atoms. The van der Waals surface area contributed by atoms with Crippen molar-refractivity contribution < 1.29 is 19.1 Å². The van der Waals surface area contributed by atoms with E-state index in [4.69, 9.17) is 9.47 Å². The van der Waals surface area contributed by atoms with E-state index < -0.39 is 0 Å². The fraction of sp³-hybridized carbons (Fsp3) is 0.417. The zero-order valence-corrected chi connectivity index (χ0v) is 16.7. The highest BCUT2D eigenvalue weighted by molar-refractivity contribution is 5.97. The van der Waals surface area contributed by atoms with Gasteiger partial charge in [-0.3, -0.25) is 0 Å². The van der Waals surface area contributed by atoms with Crippen LogP contribution in [0.15, 0.2) is 42.5 Å². The maximum absolute atomic E-state index is 12.4. The quantitative estimate of drug-likeness (QED) is 0.778. The third-order valence-electron chi connectivity index (χ3n) is 7.22. The Morgan fingerprint density at radius 1 is 0.931 bits per heavy atom. The Labute approximate surface area is 170 Å². The molecule has 0 unspecified atom stereocenters. The van der Waals surface area contributed by atoms with Crippen LogP contribution in [0.5, 0.6) is 0 Å². The van der Waals surface area contributed by atoms with Gasteiger partial charge in [-0.1, -0.05) is 24.3 Å². The van der Waals surface area contributed by atoms with Crippen molar-refractivity contribution in [2.45, 2.75) is 31.2 Å². The topological polar surface area (TPSA) is 64.6 Å². The lowest BCUT2D eigenvalue weighted by molar-refractivity contribution is 0.0591. The highest BCUT2D eigenvalue weighted by Crippen LogP contribution is 2.64. The Balaban J connectivity index is 1.59. The van der Waals surface area contributed by atoms with E-state index in [1.165, 1.54) is 39.0 Å². The lowest BCUT2D eigenvalue weighted by Crippen LogP contribution is -2.36. The second-order valence-corrected chi connectivity index (χ2v) is 8.43. The van der Waals surface area contributed by atoms with Crippen LogP contribution in [0.2, 0.25) is 0 Å². The number of carbonyl (C=O) groups excluding carboxylic acids is 2. The molecule has 2 fully saturated rings. The summed E-state index contributed by atoms with van der Waals surface area (Å²) in [5, 5.41) is 3.70. The first kappa shape index (κ1) is 18.2. The standard InChI is InChI=1S/C24H25NO4/c1-28-23(26)14-8-6-13(7-9-14)21-20-16-11-10-15(12-16)19(20)17-4-3-5-18(22(17)25-21)24(27)29-2/h3-9,15-16,19-21,25H,10-12H2,1-2H3/t15-,16-,19+,20+,21-/m0/s1. The van der Waals surface area contributed by atoms with Crippen molar-refractivity contribution in [2.75, 3.05) is 19.5 Å². The Hall–Kier alpha value is -2.82. The number of hydrogen-bond donors (Lipinski definition) is 1. The number of methoxy groups -OCH3 is 2. The molecule has 0 radical (unpaired) electrons.